The number of piperidine rings is 1. The number of alkyl carbamates (subject to hydrolysis) is 1. The smallest absolute Gasteiger partial charge is 0.408 e. The van der Waals surface area contributed by atoms with Gasteiger partial charge in [0.05, 0.1) is 0 Å². The van der Waals surface area contributed by atoms with Crippen LogP contribution in [0, 0.1) is 5.92 Å². The molecular formula is C23H35N3O3. The fraction of sp³-hybridized carbons (Fsp3) is 0.565. The highest BCUT2D eigenvalue weighted by atomic mass is 16.5. The summed E-state index contributed by atoms with van der Waals surface area (Å²) in [6.07, 6.45) is 3.51. The Kier molecular flexibility index (Phi) is 9.19. The number of carbonyl (C=O) groups is 2. The van der Waals surface area contributed by atoms with Crippen molar-refractivity contribution in [2.45, 2.75) is 59.2 Å². The van der Waals surface area contributed by atoms with Crippen LogP contribution in [0.25, 0.3) is 0 Å². The second-order valence-corrected chi connectivity index (χ2v) is 8.29. The van der Waals surface area contributed by atoms with Gasteiger partial charge in [-0.3, -0.25) is 9.69 Å². The minimum absolute atomic E-state index is 0.0305. The molecule has 160 valence electrons. The van der Waals surface area contributed by atoms with E-state index in [9.17, 15) is 9.59 Å². The van der Waals surface area contributed by atoms with Gasteiger partial charge in [-0.15, -0.1) is 0 Å². The van der Waals surface area contributed by atoms with Gasteiger partial charge in [0.25, 0.3) is 0 Å². The second-order valence-electron chi connectivity index (χ2n) is 8.29. The van der Waals surface area contributed by atoms with Crippen LogP contribution in [-0.4, -0.2) is 48.6 Å². The Morgan fingerprint density at radius 2 is 1.83 bits per heavy atom. The lowest BCUT2D eigenvalue weighted by Gasteiger charge is -2.33. The SMILES string of the molecule is CC(C)=CCN1CCC(NC(=O)[C@@H](NC(=O)OCc2ccccc2)C(C)C)CC1. The number of carbonyl (C=O) groups excluding carboxylic acids is 2. The third kappa shape index (κ3) is 8.28. The minimum Gasteiger partial charge on any atom is -0.445 e. The van der Waals surface area contributed by atoms with Gasteiger partial charge in [0.15, 0.2) is 0 Å². The summed E-state index contributed by atoms with van der Waals surface area (Å²) in [4.78, 5) is 27.3. The molecule has 1 aromatic carbocycles. The van der Waals surface area contributed by atoms with Crippen LogP contribution in [0.4, 0.5) is 4.79 Å². The van der Waals surface area contributed by atoms with Gasteiger partial charge in [-0.25, -0.2) is 4.79 Å². The molecular weight excluding hydrogens is 366 g/mol. The molecule has 0 aliphatic carbocycles. The number of benzene rings is 1. The van der Waals surface area contributed by atoms with Gasteiger partial charge < -0.3 is 15.4 Å². The van der Waals surface area contributed by atoms with Gasteiger partial charge in [-0.05, 0) is 38.2 Å². The van der Waals surface area contributed by atoms with Crippen LogP contribution in [0.15, 0.2) is 42.0 Å². The van der Waals surface area contributed by atoms with E-state index in [-0.39, 0.29) is 24.5 Å². The summed E-state index contributed by atoms with van der Waals surface area (Å²) in [5, 5.41) is 5.84. The normalized spacial score (nSPS) is 16.2. The van der Waals surface area contributed by atoms with Crippen molar-refractivity contribution in [3.05, 3.63) is 47.5 Å². The summed E-state index contributed by atoms with van der Waals surface area (Å²) in [5.74, 6) is -0.170. The number of nitrogens with zero attached hydrogens (tertiary/aromatic N) is 1. The Morgan fingerprint density at radius 3 is 2.41 bits per heavy atom. The van der Waals surface area contributed by atoms with Crippen molar-refractivity contribution in [1.29, 1.82) is 0 Å². The third-order valence-electron chi connectivity index (χ3n) is 5.13. The molecule has 1 saturated heterocycles. The lowest BCUT2D eigenvalue weighted by atomic mass is 10.0. The van der Waals surface area contributed by atoms with E-state index < -0.39 is 12.1 Å². The number of allylic oxidation sites excluding steroid dienone is 1. The van der Waals surface area contributed by atoms with E-state index in [0.29, 0.717) is 0 Å². The number of hydrogen-bond donors (Lipinski definition) is 2. The highest BCUT2D eigenvalue weighted by Crippen LogP contribution is 2.12. The van der Waals surface area contributed by atoms with E-state index in [0.717, 1.165) is 38.0 Å². The molecule has 29 heavy (non-hydrogen) atoms. The van der Waals surface area contributed by atoms with E-state index in [4.69, 9.17) is 4.74 Å². The first-order chi connectivity index (χ1) is 13.8. The minimum atomic E-state index is -0.609. The van der Waals surface area contributed by atoms with Gasteiger partial charge in [0.2, 0.25) is 5.91 Å². The fourth-order valence-electron chi connectivity index (χ4n) is 3.29. The van der Waals surface area contributed by atoms with Crippen LogP contribution in [0.5, 0.6) is 0 Å². The van der Waals surface area contributed by atoms with Gasteiger partial charge in [-0.2, -0.15) is 0 Å². The molecule has 1 aliphatic rings. The molecule has 0 radical (unpaired) electrons. The number of likely N-dealkylation sites (tertiary alicyclic amines) is 1. The van der Waals surface area contributed by atoms with Crippen LogP contribution in [-0.2, 0) is 16.1 Å². The largest absolute Gasteiger partial charge is 0.445 e. The van der Waals surface area contributed by atoms with Gasteiger partial charge >= 0.3 is 6.09 Å². The van der Waals surface area contributed by atoms with Crippen LogP contribution in [0.1, 0.15) is 46.1 Å². The topological polar surface area (TPSA) is 70.7 Å². The van der Waals surface area contributed by atoms with Crippen molar-refractivity contribution >= 4 is 12.0 Å². The molecule has 1 aromatic rings. The van der Waals surface area contributed by atoms with E-state index in [1.54, 1.807) is 0 Å². The standard InChI is InChI=1S/C23H35N3O3/c1-17(2)10-13-26-14-11-20(12-15-26)24-22(27)21(18(3)4)25-23(28)29-16-19-8-6-5-7-9-19/h5-10,18,20-21H,11-16H2,1-4H3,(H,24,27)(H,25,28)/t21-/m0/s1. The summed E-state index contributed by atoms with van der Waals surface area (Å²) in [5.41, 5.74) is 2.23. The number of hydrogen-bond acceptors (Lipinski definition) is 4. The number of ether oxygens (including phenoxy) is 1. The van der Waals surface area contributed by atoms with Crippen molar-refractivity contribution in [2.24, 2.45) is 5.92 Å². The van der Waals surface area contributed by atoms with Crippen molar-refractivity contribution in [1.82, 2.24) is 15.5 Å². The Labute approximate surface area is 174 Å². The molecule has 0 saturated carbocycles. The molecule has 0 spiro atoms. The number of rotatable bonds is 8. The molecule has 0 bridgehead atoms. The molecule has 2 amide bonds. The lowest BCUT2D eigenvalue weighted by Crippen LogP contribution is -2.54. The Hall–Kier alpha value is -2.34. The zero-order valence-electron chi connectivity index (χ0n) is 18.1. The molecule has 0 unspecified atom stereocenters. The zero-order chi connectivity index (χ0) is 21.2. The maximum absolute atomic E-state index is 12.8. The average Bonchev–Trinajstić information content (AvgIpc) is 2.70. The third-order valence-corrected chi connectivity index (χ3v) is 5.13. The summed E-state index contributed by atoms with van der Waals surface area (Å²) >= 11 is 0. The van der Waals surface area contributed by atoms with Crippen molar-refractivity contribution in [3.8, 4) is 0 Å². The van der Waals surface area contributed by atoms with E-state index in [1.807, 2.05) is 44.2 Å². The first-order valence-corrected chi connectivity index (χ1v) is 10.5. The van der Waals surface area contributed by atoms with Crippen molar-refractivity contribution in [2.75, 3.05) is 19.6 Å². The van der Waals surface area contributed by atoms with E-state index in [1.165, 1.54) is 5.57 Å². The van der Waals surface area contributed by atoms with Crippen LogP contribution in [0.2, 0.25) is 0 Å². The predicted octanol–water partition coefficient (Wildman–Crippen LogP) is 3.48. The summed E-state index contributed by atoms with van der Waals surface area (Å²) in [7, 11) is 0. The van der Waals surface area contributed by atoms with E-state index >= 15 is 0 Å². The molecule has 1 fully saturated rings. The molecule has 1 heterocycles. The predicted molar refractivity (Wildman–Crippen MR) is 115 cm³/mol. The molecule has 1 aliphatic heterocycles. The van der Waals surface area contributed by atoms with Crippen LogP contribution < -0.4 is 10.6 Å². The first kappa shape index (κ1) is 22.9. The lowest BCUT2D eigenvalue weighted by molar-refractivity contribution is -0.125. The molecule has 2 rings (SSSR count). The van der Waals surface area contributed by atoms with E-state index in [2.05, 4.69) is 35.5 Å². The quantitative estimate of drug-likeness (QED) is 0.654. The number of amides is 2. The first-order valence-electron chi connectivity index (χ1n) is 10.5. The second kappa shape index (κ2) is 11.6. The molecule has 2 N–H and O–H groups in total. The number of nitrogens with one attached hydrogen (secondary N) is 2. The van der Waals surface area contributed by atoms with Gasteiger partial charge in [-0.1, -0.05) is 55.8 Å². The van der Waals surface area contributed by atoms with Gasteiger partial charge in [0, 0.05) is 25.7 Å². The summed E-state index contributed by atoms with van der Waals surface area (Å²) < 4.78 is 5.27. The maximum atomic E-state index is 12.8. The summed E-state index contributed by atoms with van der Waals surface area (Å²) in [6, 6.07) is 9.02. The molecule has 1 atom stereocenters. The summed E-state index contributed by atoms with van der Waals surface area (Å²) in [6.45, 7) is 11.1. The Morgan fingerprint density at radius 1 is 1.17 bits per heavy atom. The molecule has 6 nitrogen and oxygen atoms in total. The molecule has 6 heteroatoms. The Bertz CT molecular complexity index is 676. The van der Waals surface area contributed by atoms with Gasteiger partial charge in [0.1, 0.15) is 12.6 Å². The monoisotopic (exact) mass is 401 g/mol. The zero-order valence-corrected chi connectivity index (χ0v) is 18.1. The molecule has 0 aromatic heterocycles. The highest BCUT2D eigenvalue weighted by Gasteiger charge is 2.28. The van der Waals surface area contributed by atoms with Crippen LogP contribution >= 0.6 is 0 Å². The van der Waals surface area contributed by atoms with Crippen molar-refractivity contribution < 1.29 is 14.3 Å². The fourth-order valence-corrected chi connectivity index (χ4v) is 3.29. The average molecular weight is 402 g/mol. The van der Waals surface area contributed by atoms with Crippen molar-refractivity contribution in [3.63, 3.8) is 0 Å². The maximum Gasteiger partial charge on any atom is 0.408 e. The van der Waals surface area contributed by atoms with Crippen LogP contribution in [0.3, 0.4) is 0 Å². The Balaban J connectivity index is 1.78. The highest BCUT2D eigenvalue weighted by molar-refractivity contribution is 5.86.